The van der Waals surface area contributed by atoms with Gasteiger partial charge in [0.1, 0.15) is 0 Å². The highest BCUT2D eigenvalue weighted by Crippen LogP contribution is 2.33. The highest BCUT2D eigenvalue weighted by Gasteiger charge is 2.25. The summed E-state index contributed by atoms with van der Waals surface area (Å²) in [6, 6.07) is 16.7. The molecule has 4 rings (SSSR count). The number of nitrogens with zero attached hydrogens (tertiary/aromatic N) is 3. The summed E-state index contributed by atoms with van der Waals surface area (Å²) in [5.41, 5.74) is 2.71. The smallest absolute Gasteiger partial charge is 0.268 e. The molecule has 28 heavy (non-hydrogen) atoms. The normalized spacial score (nSPS) is 16.0. The third-order valence-electron chi connectivity index (χ3n) is 5.65. The maximum absolute atomic E-state index is 13.4. The Balaban J connectivity index is 1.84. The van der Waals surface area contributed by atoms with Gasteiger partial charge in [0, 0.05) is 42.9 Å². The van der Waals surface area contributed by atoms with Gasteiger partial charge in [-0.25, -0.2) is 12.4 Å². The summed E-state index contributed by atoms with van der Waals surface area (Å²) in [6.45, 7) is 9.27. The minimum atomic E-state index is -3.64. The summed E-state index contributed by atoms with van der Waals surface area (Å²) >= 11 is 0. The summed E-state index contributed by atoms with van der Waals surface area (Å²) in [6.07, 6.45) is 0.657. The van der Waals surface area contributed by atoms with Crippen molar-refractivity contribution in [1.82, 2.24) is 8.87 Å². The summed E-state index contributed by atoms with van der Waals surface area (Å²) in [5, 5.41) is 1.02. The number of aromatic nitrogens is 1. The van der Waals surface area contributed by atoms with Crippen molar-refractivity contribution >= 4 is 26.6 Å². The van der Waals surface area contributed by atoms with Crippen LogP contribution in [0.4, 0.5) is 5.69 Å². The van der Waals surface area contributed by atoms with Crippen molar-refractivity contribution in [2.45, 2.75) is 25.2 Å². The van der Waals surface area contributed by atoms with Gasteiger partial charge in [0.2, 0.25) is 0 Å². The number of fused-ring (bicyclic) bond motifs is 1. The van der Waals surface area contributed by atoms with Crippen molar-refractivity contribution in [3.63, 3.8) is 0 Å². The molecule has 2 aromatic carbocycles. The molecule has 0 atom stereocenters. The van der Waals surface area contributed by atoms with E-state index in [2.05, 4.69) is 28.9 Å². The zero-order valence-electron chi connectivity index (χ0n) is 16.5. The summed E-state index contributed by atoms with van der Waals surface area (Å²) < 4.78 is 28.3. The summed E-state index contributed by atoms with van der Waals surface area (Å²) in [7, 11) is -3.64. The van der Waals surface area contributed by atoms with E-state index in [1.807, 2.05) is 25.1 Å². The molecule has 0 unspecified atom stereocenters. The second-order valence-corrected chi connectivity index (χ2v) is 8.99. The SMILES string of the molecule is CCc1cc2c(N3CCN(CC)CC3)cccc2n1S(=O)(=O)c1ccccc1. The van der Waals surface area contributed by atoms with E-state index < -0.39 is 10.0 Å². The van der Waals surface area contributed by atoms with Gasteiger partial charge in [0.15, 0.2) is 0 Å². The molecular formula is C22H27N3O2S. The molecule has 148 valence electrons. The molecule has 1 saturated heterocycles. The van der Waals surface area contributed by atoms with Crippen molar-refractivity contribution in [3.8, 4) is 0 Å². The Bertz CT molecular complexity index is 1070. The van der Waals surface area contributed by atoms with Crippen molar-refractivity contribution in [3.05, 3.63) is 60.3 Å². The first-order valence-corrected chi connectivity index (χ1v) is 11.4. The zero-order valence-corrected chi connectivity index (χ0v) is 17.3. The number of rotatable bonds is 5. The van der Waals surface area contributed by atoms with Crippen LogP contribution in [0.1, 0.15) is 19.5 Å². The Morgan fingerprint density at radius 3 is 2.25 bits per heavy atom. The fourth-order valence-electron chi connectivity index (χ4n) is 4.05. The lowest BCUT2D eigenvalue weighted by Crippen LogP contribution is -2.46. The second-order valence-electron chi connectivity index (χ2n) is 7.20. The topological polar surface area (TPSA) is 45.5 Å². The van der Waals surface area contributed by atoms with Gasteiger partial charge in [-0.2, -0.15) is 0 Å². The largest absolute Gasteiger partial charge is 0.368 e. The molecule has 3 aromatic rings. The Labute approximate surface area is 167 Å². The van der Waals surface area contributed by atoms with Crippen molar-refractivity contribution in [2.75, 3.05) is 37.6 Å². The van der Waals surface area contributed by atoms with E-state index >= 15 is 0 Å². The van der Waals surface area contributed by atoms with Crippen molar-refractivity contribution in [2.24, 2.45) is 0 Å². The second kappa shape index (κ2) is 7.60. The van der Waals surface area contributed by atoms with Crippen LogP contribution >= 0.6 is 0 Å². The monoisotopic (exact) mass is 397 g/mol. The average Bonchev–Trinajstić information content (AvgIpc) is 3.14. The summed E-state index contributed by atoms with van der Waals surface area (Å²) in [4.78, 5) is 5.15. The molecular weight excluding hydrogens is 370 g/mol. The molecule has 0 radical (unpaired) electrons. The first-order valence-electron chi connectivity index (χ1n) is 9.97. The fourth-order valence-corrected chi connectivity index (χ4v) is 5.67. The van der Waals surface area contributed by atoms with Gasteiger partial charge >= 0.3 is 0 Å². The molecule has 0 bridgehead atoms. The van der Waals surface area contributed by atoms with Crippen LogP contribution in [0.5, 0.6) is 0 Å². The molecule has 0 N–H and O–H groups in total. The number of piperazine rings is 1. The Morgan fingerprint density at radius 2 is 1.61 bits per heavy atom. The van der Waals surface area contributed by atoms with Crippen molar-refractivity contribution < 1.29 is 8.42 Å². The molecule has 0 amide bonds. The number of likely N-dealkylation sites (N-methyl/N-ethyl adjacent to an activating group) is 1. The highest BCUT2D eigenvalue weighted by atomic mass is 32.2. The third kappa shape index (κ3) is 3.20. The molecule has 1 fully saturated rings. The number of benzene rings is 2. The van der Waals surface area contributed by atoms with Gasteiger partial charge in [-0.3, -0.25) is 0 Å². The van der Waals surface area contributed by atoms with E-state index in [1.165, 1.54) is 3.97 Å². The maximum atomic E-state index is 13.4. The number of anilines is 1. The maximum Gasteiger partial charge on any atom is 0.268 e. The van der Waals surface area contributed by atoms with Gasteiger partial charge in [-0.1, -0.05) is 38.1 Å². The molecule has 6 heteroatoms. The summed E-state index contributed by atoms with van der Waals surface area (Å²) in [5.74, 6) is 0. The van der Waals surface area contributed by atoms with E-state index in [-0.39, 0.29) is 0 Å². The van der Waals surface area contributed by atoms with Crippen LogP contribution in [0.25, 0.3) is 10.9 Å². The van der Waals surface area contributed by atoms with Crippen molar-refractivity contribution in [1.29, 1.82) is 0 Å². The fraction of sp³-hybridized carbons (Fsp3) is 0.364. The lowest BCUT2D eigenvalue weighted by atomic mass is 10.1. The molecule has 1 aliphatic rings. The van der Waals surface area contributed by atoms with Gasteiger partial charge in [-0.15, -0.1) is 0 Å². The lowest BCUT2D eigenvalue weighted by Gasteiger charge is -2.35. The predicted molar refractivity (Wildman–Crippen MR) is 115 cm³/mol. The van der Waals surface area contributed by atoms with Crippen LogP contribution in [0.2, 0.25) is 0 Å². The number of hydrogen-bond acceptors (Lipinski definition) is 4. The van der Waals surface area contributed by atoms with Gasteiger partial charge in [-0.05, 0) is 43.3 Å². The van der Waals surface area contributed by atoms with Gasteiger partial charge < -0.3 is 9.80 Å². The zero-order chi connectivity index (χ0) is 19.7. The first kappa shape index (κ1) is 19.0. The van der Waals surface area contributed by atoms with Crippen LogP contribution in [-0.2, 0) is 16.4 Å². The highest BCUT2D eigenvalue weighted by molar-refractivity contribution is 7.90. The standard InChI is InChI=1S/C22H27N3O2S/c1-3-18-17-20-21(24-15-13-23(4-2)14-16-24)11-8-12-22(20)25(18)28(26,27)19-9-6-5-7-10-19/h5-12,17H,3-4,13-16H2,1-2H3. The van der Waals surface area contributed by atoms with E-state index in [9.17, 15) is 8.42 Å². The van der Waals surface area contributed by atoms with Crippen LogP contribution in [0, 0.1) is 0 Å². The molecule has 0 saturated carbocycles. The van der Waals surface area contributed by atoms with E-state index in [4.69, 9.17) is 0 Å². The van der Waals surface area contributed by atoms with Gasteiger partial charge in [0.25, 0.3) is 10.0 Å². The number of hydrogen-bond donors (Lipinski definition) is 0. The Kier molecular flexibility index (Phi) is 5.17. The average molecular weight is 398 g/mol. The Morgan fingerprint density at radius 1 is 0.893 bits per heavy atom. The van der Waals surface area contributed by atoms with E-state index in [1.54, 1.807) is 24.3 Å². The molecule has 5 nitrogen and oxygen atoms in total. The third-order valence-corrected chi connectivity index (χ3v) is 7.43. The minimum Gasteiger partial charge on any atom is -0.368 e. The molecule has 1 aromatic heterocycles. The van der Waals surface area contributed by atoms with Crippen LogP contribution in [0.15, 0.2) is 59.5 Å². The predicted octanol–water partition coefficient (Wildman–Crippen LogP) is 3.58. The van der Waals surface area contributed by atoms with Crippen LogP contribution in [0.3, 0.4) is 0 Å². The van der Waals surface area contributed by atoms with Gasteiger partial charge in [0.05, 0.1) is 10.4 Å². The Hall–Kier alpha value is -2.31. The minimum absolute atomic E-state index is 0.323. The quantitative estimate of drug-likeness (QED) is 0.660. The lowest BCUT2D eigenvalue weighted by molar-refractivity contribution is 0.271. The van der Waals surface area contributed by atoms with E-state index in [0.29, 0.717) is 11.3 Å². The molecule has 0 spiro atoms. The molecule has 2 heterocycles. The van der Waals surface area contributed by atoms with Crippen LogP contribution in [-0.4, -0.2) is 50.0 Å². The van der Waals surface area contributed by atoms with Crippen LogP contribution < -0.4 is 4.90 Å². The molecule has 0 aliphatic carbocycles. The molecule has 1 aliphatic heterocycles. The number of aryl methyl sites for hydroxylation is 1. The van der Waals surface area contributed by atoms with E-state index in [0.717, 1.165) is 55.0 Å². The first-order chi connectivity index (χ1) is 13.6.